The van der Waals surface area contributed by atoms with E-state index in [2.05, 4.69) is 0 Å². The van der Waals surface area contributed by atoms with Crippen LogP contribution in [0.4, 0.5) is 17.1 Å². The van der Waals surface area contributed by atoms with Gasteiger partial charge in [-0.2, -0.15) is 0 Å². The zero-order valence-electron chi connectivity index (χ0n) is 11.5. The van der Waals surface area contributed by atoms with Crippen molar-refractivity contribution >= 4 is 17.1 Å². The summed E-state index contributed by atoms with van der Waals surface area (Å²) < 4.78 is 0. The van der Waals surface area contributed by atoms with Crippen molar-refractivity contribution in [3.05, 3.63) is 63.7 Å². The summed E-state index contributed by atoms with van der Waals surface area (Å²) in [5, 5.41) is 10.9. The zero-order chi connectivity index (χ0) is 14.7. The Labute approximate surface area is 117 Å². The smallest absolute Gasteiger partial charge is 0.273 e. The Kier molecular flexibility index (Phi) is 3.89. The van der Waals surface area contributed by atoms with E-state index in [1.165, 1.54) is 17.7 Å². The molecule has 0 unspecified atom stereocenters. The number of nitrogens with two attached hydrogens (primary N) is 1. The van der Waals surface area contributed by atoms with Gasteiger partial charge in [0.2, 0.25) is 0 Å². The molecule has 5 heteroatoms. The van der Waals surface area contributed by atoms with Crippen LogP contribution in [0.5, 0.6) is 0 Å². The van der Waals surface area contributed by atoms with Crippen molar-refractivity contribution < 1.29 is 4.92 Å². The Balaban J connectivity index is 2.22. The Hall–Kier alpha value is -2.56. The quantitative estimate of drug-likeness (QED) is 0.527. The van der Waals surface area contributed by atoms with Gasteiger partial charge >= 0.3 is 0 Å². The molecule has 5 nitrogen and oxygen atoms in total. The maximum absolute atomic E-state index is 10.9. The van der Waals surface area contributed by atoms with Crippen LogP contribution < -0.4 is 10.6 Å². The Bertz CT molecular complexity index is 624. The van der Waals surface area contributed by atoms with E-state index in [1.54, 1.807) is 6.07 Å². The molecule has 0 aliphatic heterocycles. The first-order chi connectivity index (χ1) is 9.45. The SMILES string of the molecule is Cc1ccc(CN(C)c2cc(N)cc([N+](=O)[O-])c2)cc1. The molecule has 0 aromatic heterocycles. The summed E-state index contributed by atoms with van der Waals surface area (Å²) in [4.78, 5) is 12.4. The molecular formula is C15H17N3O2. The lowest BCUT2D eigenvalue weighted by atomic mass is 10.1. The minimum absolute atomic E-state index is 0.00996. The van der Waals surface area contributed by atoms with Crippen molar-refractivity contribution in [3.8, 4) is 0 Å². The number of nitrogens with zero attached hydrogens (tertiary/aromatic N) is 2. The number of hydrogen-bond acceptors (Lipinski definition) is 4. The fourth-order valence-electron chi connectivity index (χ4n) is 2.00. The van der Waals surface area contributed by atoms with Crippen LogP contribution in [0.2, 0.25) is 0 Å². The van der Waals surface area contributed by atoms with Gasteiger partial charge in [0.15, 0.2) is 0 Å². The molecule has 2 aromatic carbocycles. The molecule has 0 amide bonds. The van der Waals surface area contributed by atoms with Gasteiger partial charge in [-0.3, -0.25) is 10.1 Å². The number of nitrogen functional groups attached to an aromatic ring is 1. The highest BCUT2D eigenvalue weighted by molar-refractivity contribution is 5.62. The first-order valence-corrected chi connectivity index (χ1v) is 6.27. The summed E-state index contributed by atoms with van der Waals surface area (Å²) in [5.74, 6) is 0. The Morgan fingerprint density at radius 1 is 1.20 bits per heavy atom. The number of hydrogen-bond donors (Lipinski definition) is 1. The van der Waals surface area contributed by atoms with Crippen molar-refractivity contribution in [1.82, 2.24) is 0 Å². The third kappa shape index (κ3) is 3.26. The van der Waals surface area contributed by atoms with Gasteiger partial charge in [-0.25, -0.2) is 0 Å². The number of rotatable bonds is 4. The molecule has 2 rings (SSSR count). The van der Waals surface area contributed by atoms with Gasteiger partial charge in [-0.15, -0.1) is 0 Å². The van der Waals surface area contributed by atoms with Crippen molar-refractivity contribution in [3.63, 3.8) is 0 Å². The van der Waals surface area contributed by atoms with E-state index in [0.717, 1.165) is 11.3 Å². The molecule has 2 aromatic rings. The molecule has 0 fully saturated rings. The molecular weight excluding hydrogens is 254 g/mol. The van der Waals surface area contributed by atoms with Crippen molar-refractivity contribution in [2.24, 2.45) is 0 Å². The molecule has 20 heavy (non-hydrogen) atoms. The van der Waals surface area contributed by atoms with E-state index in [-0.39, 0.29) is 5.69 Å². The Morgan fingerprint density at radius 2 is 1.85 bits per heavy atom. The van der Waals surface area contributed by atoms with Crippen LogP contribution in [0.3, 0.4) is 0 Å². The molecule has 0 saturated carbocycles. The molecule has 0 heterocycles. The molecule has 0 aliphatic carbocycles. The molecule has 0 bridgehead atoms. The summed E-state index contributed by atoms with van der Waals surface area (Å²) in [6.45, 7) is 2.70. The van der Waals surface area contributed by atoms with E-state index < -0.39 is 4.92 Å². The number of nitro groups is 1. The second-order valence-electron chi connectivity index (χ2n) is 4.88. The normalized spacial score (nSPS) is 10.3. The summed E-state index contributed by atoms with van der Waals surface area (Å²) in [6.07, 6.45) is 0. The van der Waals surface area contributed by atoms with E-state index in [9.17, 15) is 10.1 Å². The largest absolute Gasteiger partial charge is 0.398 e. The molecule has 104 valence electrons. The number of nitro benzene ring substituents is 1. The van der Waals surface area contributed by atoms with Gasteiger partial charge in [0.25, 0.3) is 5.69 Å². The molecule has 0 atom stereocenters. The highest BCUT2D eigenvalue weighted by Gasteiger charge is 2.11. The number of non-ortho nitro benzene ring substituents is 1. The molecule has 0 aliphatic rings. The third-order valence-corrected chi connectivity index (χ3v) is 3.12. The lowest BCUT2D eigenvalue weighted by molar-refractivity contribution is -0.384. The van der Waals surface area contributed by atoms with E-state index in [4.69, 9.17) is 5.73 Å². The Morgan fingerprint density at radius 3 is 2.45 bits per heavy atom. The topological polar surface area (TPSA) is 72.4 Å². The van der Waals surface area contributed by atoms with Crippen LogP contribution in [0.25, 0.3) is 0 Å². The van der Waals surface area contributed by atoms with Crippen LogP contribution in [0.15, 0.2) is 42.5 Å². The summed E-state index contributed by atoms with van der Waals surface area (Å²) in [6, 6.07) is 12.8. The van der Waals surface area contributed by atoms with Crippen molar-refractivity contribution in [2.75, 3.05) is 17.7 Å². The summed E-state index contributed by atoms with van der Waals surface area (Å²) in [7, 11) is 1.89. The molecule has 0 radical (unpaired) electrons. The monoisotopic (exact) mass is 271 g/mol. The predicted octanol–water partition coefficient (Wildman–Crippen LogP) is 3.12. The maximum Gasteiger partial charge on any atom is 0.273 e. The minimum atomic E-state index is -0.431. The van der Waals surface area contributed by atoms with Crippen LogP contribution in [-0.4, -0.2) is 12.0 Å². The fraction of sp³-hybridized carbons (Fsp3) is 0.200. The third-order valence-electron chi connectivity index (χ3n) is 3.12. The van der Waals surface area contributed by atoms with Gasteiger partial charge in [-0.05, 0) is 18.6 Å². The maximum atomic E-state index is 10.9. The standard InChI is InChI=1S/C15H17N3O2/c1-11-3-5-12(6-4-11)10-17(2)14-7-13(16)8-15(9-14)18(19)20/h3-9H,10,16H2,1-2H3. The van der Waals surface area contributed by atoms with Gasteiger partial charge in [-0.1, -0.05) is 29.8 Å². The summed E-state index contributed by atoms with van der Waals surface area (Å²) in [5.41, 5.74) is 9.20. The van der Waals surface area contributed by atoms with Gasteiger partial charge < -0.3 is 10.6 Å². The lowest BCUT2D eigenvalue weighted by Gasteiger charge is -2.19. The van der Waals surface area contributed by atoms with Gasteiger partial charge in [0, 0.05) is 37.1 Å². The zero-order valence-corrected chi connectivity index (χ0v) is 11.5. The first kappa shape index (κ1) is 13.9. The minimum Gasteiger partial charge on any atom is -0.398 e. The second-order valence-corrected chi connectivity index (χ2v) is 4.88. The average molecular weight is 271 g/mol. The average Bonchev–Trinajstić information content (AvgIpc) is 2.40. The fourth-order valence-corrected chi connectivity index (χ4v) is 2.00. The van der Waals surface area contributed by atoms with Gasteiger partial charge in [0.1, 0.15) is 0 Å². The summed E-state index contributed by atoms with van der Waals surface area (Å²) >= 11 is 0. The lowest BCUT2D eigenvalue weighted by Crippen LogP contribution is -2.16. The number of benzene rings is 2. The molecule has 0 spiro atoms. The molecule has 0 saturated heterocycles. The van der Waals surface area contributed by atoms with Gasteiger partial charge in [0.05, 0.1) is 4.92 Å². The van der Waals surface area contributed by atoms with Crippen LogP contribution >= 0.6 is 0 Å². The number of aryl methyl sites for hydroxylation is 1. The van der Waals surface area contributed by atoms with Crippen molar-refractivity contribution in [1.29, 1.82) is 0 Å². The van der Waals surface area contributed by atoms with Crippen molar-refractivity contribution in [2.45, 2.75) is 13.5 Å². The van der Waals surface area contributed by atoms with Crippen LogP contribution in [0.1, 0.15) is 11.1 Å². The van der Waals surface area contributed by atoms with E-state index in [0.29, 0.717) is 12.2 Å². The highest BCUT2D eigenvalue weighted by Crippen LogP contribution is 2.25. The second kappa shape index (κ2) is 5.61. The predicted molar refractivity (Wildman–Crippen MR) is 80.8 cm³/mol. The molecule has 2 N–H and O–H groups in total. The van der Waals surface area contributed by atoms with Crippen LogP contribution in [-0.2, 0) is 6.54 Å². The van der Waals surface area contributed by atoms with E-state index >= 15 is 0 Å². The first-order valence-electron chi connectivity index (χ1n) is 6.27. The number of anilines is 2. The van der Waals surface area contributed by atoms with E-state index in [1.807, 2.05) is 43.1 Å². The van der Waals surface area contributed by atoms with Crippen LogP contribution in [0, 0.1) is 17.0 Å². The highest BCUT2D eigenvalue weighted by atomic mass is 16.6.